The van der Waals surface area contributed by atoms with Crippen molar-refractivity contribution >= 4 is 29.4 Å². The highest BCUT2D eigenvalue weighted by atomic mass is 35.5. The zero-order valence-corrected chi connectivity index (χ0v) is 14.5. The maximum absolute atomic E-state index is 12.5. The molecule has 2 amide bonds. The maximum Gasteiger partial charge on any atom is 0.306 e. The number of likely N-dealkylation sites (N-methyl/N-ethyl adjacent to an activating group) is 1. The van der Waals surface area contributed by atoms with Crippen molar-refractivity contribution in [2.45, 2.75) is 19.8 Å². The summed E-state index contributed by atoms with van der Waals surface area (Å²) in [6.07, 6.45) is 0.894. The average Bonchev–Trinajstić information content (AvgIpc) is 2.56. The molecule has 130 valence electrons. The fourth-order valence-electron chi connectivity index (χ4n) is 2.77. The molecule has 1 aromatic rings. The Labute approximate surface area is 146 Å². The Morgan fingerprint density at radius 2 is 1.92 bits per heavy atom. The van der Waals surface area contributed by atoms with Gasteiger partial charge < -0.3 is 14.9 Å². The highest BCUT2D eigenvalue weighted by Gasteiger charge is 2.28. The van der Waals surface area contributed by atoms with Crippen LogP contribution < -0.4 is 0 Å². The van der Waals surface area contributed by atoms with Crippen LogP contribution in [0.5, 0.6) is 0 Å². The molecular formula is C17H21ClN2O4. The first kappa shape index (κ1) is 18.3. The Hall–Kier alpha value is -2.08. The van der Waals surface area contributed by atoms with Crippen molar-refractivity contribution in [2.24, 2.45) is 5.92 Å². The van der Waals surface area contributed by atoms with E-state index in [1.807, 2.05) is 13.0 Å². The van der Waals surface area contributed by atoms with Crippen LogP contribution in [0.2, 0.25) is 5.02 Å². The van der Waals surface area contributed by atoms with E-state index in [9.17, 15) is 14.4 Å². The van der Waals surface area contributed by atoms with Gasteiger partial charge in [-0.1, -0.05) is 23.7 Å². The molecule has 0 bridgehead atoms. The minimum atomic E-state index is -0.816. The molecule has 1 aliphatic heterocycles. The fraction of sp³-hybridized carbons (Fsp3) is 0.471. The number of piperidine rings is 1. The van der Waals surface area contributed by atoms with Crippen molar-refractivity contribution in [1.82, 2.24) is 9.80 Å². The lowest BCUT2D eigenvalue weighted by atomic mass is 9.97. The molecule has 0 spiro atoms. The van der Waals surface area contributed by atoms with E-state index in [-0.39, 0.29) is 24.3 Å². The van der Waals surface area contributed by atoms with E-state index in [4.69, 9.17) is 16.7 Å². The number of rotatable bonds is 4. The molecule has 0 unspecified atom stereocenters. The molecule has 0 atom stereocenters. The number of aliphatic carboxylic acids is 1. The van der Waals surface area contributed by atoms with Crippen molar-refractivity contribution in [2.75, 3.05) is 26.7 Å². The number of amides is 2. The third kappa shape index (κ3) is 4.06. The van der Waals surface area contributed by atoms with E-state index in [0.29, 0.717) is 36.5 Å². The first-order valence-electron chi connectivity index (χ1n) is 7.82. The predicted octanol–water partition coefficient (Wildman–Crippen LogP) is 2.04. The number of nitrogens with zero attached hydrogens (tertiary/aromatic N) is 2. The van der Waals surface area contributed by atoms with Gasteiger partial charge in [-0.05, 0) is 31.4 Å². The fourth-order valence-corrected chi connectivity index (χ4v) is 2.98. The van der Waals surface area contributed by atoms with E-state index in [1.54, 1.807) is 24.1 Å². The van der Waals surface area contributed by atoms with Crippen LogP contribution in [0.1, 0.15) is 28.8 Å². The molecule has 1 heterocycles. The third-order valence-corrected chi connectivity index (χ3v) is 4.84. The summed E-state index contributed by atoms with van der Waals surface area (Å²) in [4.78, 5) is 38.7. The highest BCUT2D eigenvalue weighted by Crippen LogP contribution is 2.22. The Bertz CT molecular complexity index is 654. The lowest BCUT2D eigenvalue weighted by Gasteiger charge is -2.31. The van der Waals surface area contributed by atoms with Gasteiger partial charge in [0.05, 0.1) is 23.0 Å². The molecule has 0 aliphatic carbocycles. The zero-order valence-electron chi connectivity index (χ0n) is 13.8. The molecule has 1 fully saturated rings. The molecule has 0 aromatic heterocycles. The molecule has 2 rings (SSSR count). The molecule has 6 nitrogen and oxygen atoms in total. The van der Waals surface area contributed by atoms with Gasteiger partial charge in [0.1, 0.15) is 0 Å². The molecular weight excluding hydrogens is 332 g/mol. The molecule has 0 radical (unpaired) electrons. The minimum absolute atomic E-state index is 0.0547. The van der Waals surface area contributed by atoms with Crippen LogP contribution in [0.15, 0.2) is 18.2 Å². The number of carbonyl (C=O) groups is 3. The molecule has 1 aliphatic rings. The van der Waals surface area contributed by atoms with Gasteiger partial charge in [-0.15, -0.1) is 0 Å². The van der Waals surface area contributed by atoms with Crippen LogP contribution in [-0.2, 0) is 9.59 Å². The van der Waals surface area contributed by atoms with Crippen LogP contribution in [0.3, 0.4) is 0 Å². The van der Waals surface area contributed by atoms with Gasteiger partial charge in [-0.3, -0.25) is 14.4 Å². The summed E-state index contributed by atoms with van der Waals surface area (Å²) in [6, 6.07) is 5.20. The molecule has 1 saturated heterocycles. The Kier molecular flexibility index (Phi) is 5.83. The van der Waals surface area contributed by atoms with Crippen LogP contribution >= 0.6 is 11.6 Å². The number of likely N-dealkylation sites (tertiary alicyclic amines) is 1. The summed E-state index contributed by atoms with van der Waals surface area (Å²) in [5, 5.41) is 9.38. The first-order valence-corrected chi connectivity index (χ1v) is 8.20. The summed E-state index contributed by atoms with van der Waals surface area (Å²) < 4.78 is 0. The second-order valence-electron chi connectivity index (χ2n) is 6.09. The summed E-state index contributed by atoms with van der Waals surface area (Å²) in [6.45, 7) is 2.57. The summed E-state index contributed by atoms with van der Waals surface area (Å²) >= 11 is 6.16. The summed E-state index contributed by atoms with van der Waals surface area (Å²) in [5.41, 5.74) is 1.18. The van der Waals surface area contributed by atoms with Crippen LogP contribution in [0.25, 0.3) is 0 Å². The van der Waals surface area contributed by atoms with E-state index < -0.39 is 5.97 Å². The smallest absolute Gasteiger partial charge is 0.306 e. The Morgan fingerprint density at radius 1 is 1.29 bits per heavy atom. The third-order valence-electron chi connectivity index (χ3n) is 4.34. The highest BCUT2D eigenvalue weighted by molar-refractivity contribution is 6.34. The second kappa shape index (κ2) is 7.66. The monoisotopic (exact) mass is 352 g/mol. The minimum Gasteiger partial charge on any atom is -0.481 e. The van der Waals surface area contributed by atoms with Crippen molar-refractivity contribution < 1.29 is 19.5 Å². The van der Waals surface area contributed by atoms with Crippen LogP contribution in [-0.4, -0.2) is 59.4 Å². The normalized spacial score (nSPS) is 15.2. The van der Waals surface area contributed by atoms with Gasteiger partial charge in [0.25, 0.3) is 5.91 Å². The standard InChI is InChI=1S/C17H21ClN2O4/c1-11-4-3-5-13(15(11)18)16(22)19(2)10-14(21)20-8-6-12(7-9-20)17(23)24/h3-5,12H,6-10H2,1-2H3,(H,23,24). The molecule has 24 heavy (non-hydrogen) atoms. The number of benzene rings is 1. The van der Waals surface area contributed by atoms with E-state index >= 15 is 0 Å². The van der Waals surface area contributed by atoms with Gasteiger partial charge in [0, 0.05) is 20.1 Å². The number of aryl methyl sites for hydroxylation is 1. The first-order chi connectivity index (χ1) is 11.3. The molecule has 1 aromatic carbocycles. The molecule has 1 N–H and O–H groups in total. The van der Waals surface area contributed by atoms with Gasteiger partial charge in [-0.25, -0.2) is 0 Å². The lowest BCUT2D eigenvalue weighted by Crippen LogP contribution is -2.45. The van der Waals surface area contributed by atoms with Crippen molar-refractivity contribution in [3.8, 4) is 0 Å². The van der Waals surface area contributed by atoms with E-state index in [2.05, 4.69) is 0 Å². The van der Waals surface area contributed by atoms with Crippen molar-refractivity contribution in [1.29, 1.82) is 0 Å². The second-order valence-corrected chi connectivity index (χ2v) is 6.47. The van der Waals surface area contributed by atoms with Crippen molar-refractivity contribution in [3.63, 3.8) is 0 Å². The number of halogens is 1. The van der Waals surface area contributed by atoms with Gasteiger partial charge in [0.2, 0.25) is 5.91 Å². The van der Waals surface area contributed by atoms with E-state index in [1.165, 1.54) is 4.90 Å². The average molecular weight is 353 g/mol. The van der Waals surface area contributed by atoms with Crippen LogP contribution in [0, 0.1) is 12.8 Å². The van der Waals surface area contributed by atoms with Crippen molar-refractivity contribution in [3.05, 3.63) is 34.3 Å². The number of hydrogen-bond acceptors (Lipinski definition) is 3. The molecule has 7 heteroatoms. The largest absolute Gasteiger partial charge is 0.481 e. The number of carbonyl (C=O) groups excluding carboxylic acids is 2. The number of hydrogen-bond donors (Lipinski definition) is 1. The van der Waals surface area contributed by atoms with Crippen LogP contribution in [0.4, 0.5) is 0 Å². The van der Waals surface area contributed by atoms with Gasteiger partial charge in [0.15, 0.2) is 0 Å². The van der Waals surface area contributed by atoms with Gasteiger partial charge in [-0.2, -0.15) is 0 Å². The Morgan fingerprint density at radius 3 is 2.50 bits per heavy atom. The summed E-state index contributed by atoms with van der Waals surface area (Å²) in [7, 11) is 1.56. The maximum atomic E-state index is 12.5. The number of carboxylic acids is 1. The number of carboxylic acid groups (broad SMARTS) is 1. The Balaban J connectivity index is 1.95. The lowest BCUT2D eigenvalue weighted by molar-refractivity contribution is -0.145. The predicted molar refractivity (Wildman–Crippen MR) is 90.1 cm³/mol. The van der Waals surface area contributed by atoms with Gasteiger partial charge >= 0.3 is 5.97 Å². The SMILES string of the molecule is Cc1cccc(C(=O)N(C)CC(=O)N2CCC(C(=O)O)CC2)c1Cl. The topological polar surface area (TPSA) is 77.9 Å². The summed E-state index contributed by atoms with van der Waals surface area (Å²) in [5.74, 6) is -1.70. The quantitative estimate of drug-likeness (QED) is 0.899. The van der Waals surface area contributed by atoms with E-state index in [0.717, 1.165) is 5.56 Å². The molecule has 0 saturated carbocycles. The zero-order chi connectivity index (χ0) is 17.9.